The zero-order valence-corrected chi connectivity index (χ0v) is 14.4. The molecule has 0 amide bonds. The summed E-state index contributed by atoms with van der Waals surface area (Å²) in [6, 6.07) is 9.13. The molecule has 0 aliphatic carbocycles. The van der Waals surface area contributed by atoms with Gasteiger partial charge in [0.1, 0.15) is 4.90 Å². The van der Waals surface area contributed by atoms with Crippen LogP contribution in [0.15, 0.2) is 41.3 Å². The SMILES string of the molecule is Cc1ccccc1N1CCN(S(=O)(=O)c2ccc(F)c(F)c2F)CC1. The first kappa shape index (κ1) is 17.8. The Labute approximate surface area is 144 Å². The smallest absolute Gasteiger partial charge is 0.246 e. The number of sulfonamides is 1. The molecule has 0 bridgehead atoms. The molecular weight excluding hydrogens is 353 g/mol. The second kappa shape index (κ2) is 6.68. The second-order valence-corrected chi connectivity index (χ2v) is 7.76. The molecule has 0 aromatic heterocycles. The summed E-state index contributed by atoms with van der Waals surface area (Å²) in [4.78, 5) is 1.21. The second-order valence-electron chi connectivity index (χ2n) is 5.85. The fraction of sp³-hybridized carbons (Fsp3) is 0.294. The Hall–Kier alpha value is -2.06. The van der Waals surface area contributed by atoms with Crippen molar-refractivity contribution in [3.8, 4) is 0 Å². The fourth-order valence-corrected chi connectivity index (χ4v) is 4.41. The Morgan fingerprint density at radius 1 is 0.880 bits per heavy atom. The topological polar surface area (TPSA) is 40.6 Å². The predicted molar refractivity (Wildman–Crippen MR) is 88.5 cm³/mol. The van der Waals surface area contributed by atoms with E-state index in [-0.39, 0.29) is 13.1 Å². The average molecular weight is 370 g/mol. The number of aryl methyl sites for hydroxylation is 1. The quantitative estimate of drug-likeness (QED) is 0.780. The molecule has 134 valence electrons. The van der Waals surface area contributed by atoms with Gasteiger partial charge in [0.15, 0.2) is 17.5 Å². The van der Waals surface area contributed by atoms with Crippen LogP contribution in [0.5, 0.6) is 0 Å². The number of halogens is 3. The van der Waals surface area contributed by atoms with E-state index in [4.69, 9.17) is 0 Å². The van der Waals surface area contributed by atoms with Gasteiger partial charge in [-0.05, 0) is 30.7 Å². The molecule has 25 heavy (non-hydrogen) atoms. The van der Waals surface area contributed by atoms with Crippen LogP contribution in [0.3, 0.4) is 0 Å². The average Bonchev–Trinajstić information content (AvgIpc) is 2.60. The van der Waals surface area contributed by atoms with E-state index in [1.165, 1.54) is 0 Å². The lowest BCUT2D eigenvalue weighted by Gasteiger charge is -2.36. The Kier molecular flexibility index (Phi) is 4.75. The van der Waals surface area contributed by atoms with Crippen LogP contribution in [-0.2, 0) is 10.0 Å². The molecule has 1 aliphatic heterocycles. The molecule has 4 nitrogen and oxygen atoms in total. The molecule has 2 aromatic carbocycles. The van der Waals surface area contributed by atoms with Gasteiger partial charge in [-0.1, -0.05) is 18.2 Å². The minimum Gasteiger partial charge on any atom is -0.369 e. The van der Waals surface area contributed by atoms with Crippen molar-refractivity contribution >= 4 is 15.7 Å². The van der Waals surface area contributed by atoms with E-state index in [9.17, 15) is 21.6 Å². The lowest BCUT2D eigenvalue weighted by atomic mass is 10.1. The van der Waals surface area contributed by atoms with E-state index in [2.05, 4.69) is 0 Å². The number of rotatable bonds is 3. The number of para-hydroxylation sites is 1. The van der Waals surface area contributed by atoms with Crippen LogP contribution in [0.4, 0.5) is 18.9 Å². The lowest BCUT2D eigenvalue weighted by molar-refractivity contribution is 0.377. The first-order chi connectivity index (χ1) is 11.8. The van der Waals surface area contributed by atoms with Crippen molar-refractivity contribution in [1.82, 2.24) is 4.31 Å². The van der Waals surface area contributed by atoms with Gasteiger partial charge in [-0.2, -0.15) is 4.31 Å². The number of nitrogens with zero attached hydrogens (tertiary/aromatic N) is 2. The van der Waals surface area contributed by atoms with Crippen LogP contribution < -0.4 is 4.90 Å². The first-order valence-corrected chi connectivity index (χ1v) is 9.20. The molecule has 1 heterocycles. The summed E-state index contributed by atoms with van der Waals surface area (Å²) in [7, 11) is -4.22. The Morgan fingerprint density at radius 3 is 2.16 bits per heavy atom. The highest BCUT2D eigenvalue weighted by Crippen LogP contribution is 2.26. The van der Waals surface area contributed by atoms with Crippen molar-refractivity contribution in [2.45, 2.75) is 11.8 Å². The molecule has 8 heteroatoms. The van der Waals surface area contributed by atoms with Crippen molar-refractivity contribution in [1.29, 1.82) is 0 Å². The molecule has 1 saturated heterocycles. The third-order valence-corrected chi connectivity index (χ3v) is 6.23. The number of piperazine rings is 1. The van der Waals surface area contributed by atoms with Gasteiger partial charge in [0.05, 0.1) is 0 Å². The van der Waals surface area contributed by atoms with E-state index in [0.29, 0.717) is 19.2 Å². The zero-order chi connectivity index (χ0) is 18.2. The third kappa shape index (κ3) is 3.23. The van der Waals surface area contributed by atoms with Gasteiger partial charge in [-0.3, -0.25) is 0 Å². The van der Waals surface area contributed by atoms with E-state index < -0.39 is 32.4 Å². The van der Waals surface area contributed by atoms with Gasteiger partial charge < -0.3 is 4.90 Å². The highest BCUT2D eigenvalue weighted by Gasteiger charge is 2.32. The number of hydrogen-bond acceptors (Lipinski definition) is 3. The van der Waals surface area contributed by atoms with Crippen molar-refractivity contribution in [2.24, 2.45) is 0 Å². The van der Waals surface area contributed by atoms with Gasteiger partial charge in [-0.15, -0.1) is 0 Å². The van der Waals surface area contributed by atoms with Crippen molar-refractivity contribution < 1.29 is 21.6 Å². The van der Waals surface area contributed by atoms with Crippen LogP contribution >= 0.6 is 0 Å². The molecule has 1 fully saturated rings. The maximum absolute atomic E-state index is 13.9. The van der Waals surface area contributed by atoms with Gasteiger partial charge in [0.25, 0.3) is 0 Å². The van der Waals surface area contributed by atoms with Crippen molar-refractivity contribution in [3.05, 3.63) is 59.4 Å². The largest absolute Gasteiger partial charge is 0.369 e. The summed E-state index contributed by atoms with van der Waals surface area (Å²) >= 11 is 0. The van der Waals surface area contributed by atoms with Gasteiger partial charge in [0, 0.05) is 31.9 Å². The predicted octanol–water partition coefficient (Wildman–Crippen LogP) is 2.92. The molecule has 3 rings (SSSR count). The molecule has 0 spiro atoms. The van der Waals surface area contributed by atoms with Gasteiger partial charge in [-0.25, -0.2) is 21.6 Å². The molecule has 0 N–H and O–H groups in total. The maximum atomic E-state index is 13.9. The van der Waals surface area contributed by atoms with Gasteiger partial charge >= 0.3 is 0 Å². The third-order valence-electron chi connectivity index (χ3n) is 4.31. The minimum atomic E-state index is -4.22. The normalized spacial score (nSPS) is 16.2. The standard InChI is InChI=1S/C17H17F3N2O2S/c1-12-4-2-3-5-14(12)21-8-10-22(11-9-21)25(23,24)15-7-6-13(18)16(19)17(15)20/h2-7H,8-11H2,1H3. The highest BCUT2D eigenvalue weighted by molar-refractivity contribution is 7.89. The summed E-state index contributed by atoms with van der Waals surface area (Å²) in [6.45, 7) is 3.09. The maximum Gasteiger partial charge on any atom is 0.246 e. The summed E-state index contributed by atoms with van der Waals surface area (Å²) < 4.78 is 66.5. The first-order valence-electron chi connectivity index (χ1n) is 7.76. The van der Waals surface area contributed by atoms with E-state index in [0.717, 1.165) is 21.6 Å². The highest BCUT2D eigenvalue weighted by atomic mass is 32.2. The lowest BCUT2D eigenvalue weighted by Crippen LogP contribution is -2.49. The zero-order valence-electron chi connectivity index (χ0n) is 13.5. The molecule has 0 unspecified atom stereocenters. The molecule has 0 radical (unpaired) electrons. The summed E-state index contributed by atoms with van der Waals surface area (Å²) in [5.74, 6) is -4.87. The monoisotopic (exact) mass is 370 g/mol. The molecule has 0 saturated carbocycles. The molecule has 1 aliphatic rings. The Bertz CT molecular complexity index is 895. The van der Waals surface area contributed by atoms with Crippen molar-refractivity contribution in [3.63, 3.8) is 0 Å². The van der Waals surface area contributed by atoms with Crippen LogP contribution in [0, 0.1) is 24.4 Å². The fourth-order valence-electron chi connectivity index (χ4n) is 2.93. The van der Waals surface area contributed by atoms with Gasteiger partial charge in [0.2, 0.25) is 10.0 Å². The Morgan fingerprint density at radius 2 is 1.52 bits per heavy atom. The van der Waals surface area contributed by atoms with E-state index in [1.54, 1.807) is 0 Å². The minimum absolute atomic E-state index is 0.134. The Balaban J connectivity index is 1.81. The summed E-state index contributed by atoms with van der Waals surface area (Å²) in [5, 5.41) is 0. The summed E-state index contributed by atoms with van der Waals surface area (Å²) in [5.41, 5.74) is 2.09. The molecule has 2 aromatic rings. The van der Waals surface area contributed by atoms with Crippen LogP contribution in [0.1, 0.15) is 5.56 Å². The molecular formula is C17H17F3N2O2S. The summed E-state index contributed by atoms with van der Waals surface area (Å²) in [6.07, 6.45) is 0. The number of anilines is 1. The molecule has 0 atom stereocenters. The number of benzene rings is 2. The number of hydrogen-bond donors (Lipinski definition) is 0. The van der Waals surface area contributed by atoms with E-state index >= 15 is 0 Å². The van der Waals surface area contributed by atoms with Crippen molar-refractivity contribution in [2.75, 3.05) is 31.1 Å². The van der Waals surface area contributed by atoms with Crippen LogP contribution in [-0.4, -0.2) is 38.9 Å². The van der Waals surface area contributed by atoms with Crippen LogP contribution in [0.2, 0.25) is 0 Å². The van der Waals surface area contributed by atoms with Crippen LogP contribution in [0.25, 0.3) is 0 Å². The van der Waals surface area contributed by atoms with E-state index in [1.807, 2.05) is 36.1 Å².